The molecule has 1 aromatic carbocycles. The smallest absolute Gasteiger partial charge is 0.242 e. The molecule has 1 aromatic heterocycles. The second kappa shape index (κ2) is 6.23. The van der Waals surface area contributed by atoms with Crippen molar-refractivity contribution < 1.29 is 13.6 Å². The highest BCUT2D eigenvalue weighted by molar-refractivity contribution is 5.84. The molecule has 1 amide bonds. The molecule has 0 aliphatic carbocycles. The summed E-state index contributed by atoms with van der Waals surface area (Å²) in [4.78, 5) is 11.9. The Morgan fingerprint density at radius 3 is 2.85 bits per heavy atom. The number of halogens is 1. The molecule has 5 heteroatoms. The number of anilines is 1. The number of furan rings is 1. The van der Waals surface area contributed by atoms with Crippen molar-refractivity contribution in [1.82, 2.24) is 5.32 Å². The summed E-state index contributed by atoms with van der Waals surface area (Å²) >= 11 is 0. The fourth-order valence-corrected chi connectivity index (χ4v) is 1.83. The lowest BCUT2D eigenvalue weighted by molar-refractivity contribution is -0.121. The lowest BCUT2D eigenvalue weighted by Crippen LogP contribution is -2.37. The monoisotopic (exact) mass is 276 g/mol. The molecular weight excluding hydrogens is 259 g/mol. The second-order valence-corrected chi connectivity index (χ2v) is 4.62. The molecule has 0 radical (unpaired) electrons. The van der Waals surface area contributed by atoms with E-state index in [1.54, 1.807) is 38.3 Å². The third-order valence-electron chi connectivity index (χ3n) is 2.97. The third kappa shape index (κ3) is 3.60. The zero-order valence-corrected chi connectivity index (χ0v) is 11.4. The molecule has 1 unspecified atom stereocenters. The van der Waals surface area contributed by atoms with Crippen LogP contribution < -0.4 is 10.6 Å². The minimum absolute atomic E-state index is 0.148. The highest BCUT2D eigenvalue weighted by Gasteiger charge is 2.13. The average Bonchev–Trinajstić information content (AvgIpc) is 2.92. The van der Waals surface area contributed by atoms with Gasteiger partial charge in [0.25, 0.3) is 0 Å². The van der Waals surface area contributed by atoms with Crippen LogP contribution in [-0.4, -0.2) is 11.9 Å². The van der Waals surface area contributed by atoms with Crippen LogP contribution in [0, 0.1) is 12.7 Å². The summed E-state index contributed by atoms with van der Waals surface area (Å²) in [5, 5.41) is 5.82. The van der Waals surface area contributed by atoms with Crippen molar-refractivity contribution in [3.8, 4) is 0 Å². The SMILES string of the molecule is Cc1cc(F)ccc1NC(C)C(=O)NCc1ccco1. The Kier molecular flexibility index (Phi) is 4.40. The summed E-state index contributed by atoms with van der Waals surface area (Å²) in [5.74, 6) is 0.261. The van der Waals surface area contributed by atoms with E-state index in [2.05, 4.69) is 10.6 Å². The lowest BCUT2D eigenvalue weighted by atomic mass is 10.1. The molecule has 1 heterocycles. The molecule has 4 nitrogen and oxygen atoms in total. The lowest BCUT2D eigenvalue weighted by Gasteiger charge is -2.16. The van der Waals surface area contributed by atoms with Crippen LogP contribution in [0.5, 0.6) is 0 Å². The van der Waals surface area contributed by atoms with E-state index in [1.807, 2.05) is 0 Å². The summed E-state index contributed by atoms with van der Waals surface area (Å²) in [6.07, 6.45) is 1.56. The van der Waals surface area contributed by atoms with Crippen LogP contribution in [0.2, 0.25) is 0 Å². The fraction of sp³-hybridized carbons (Fsp3) is 0.267. The Bertz CT molecular complexity index is 582. The van der Waals surface area contributed by atoms with Gasteiger partial charge in [-0.2, -0.15) is 0 Å². The first-order chi connectivity index (χ1) is 9.56. The van der Waals surface area contributed by atoms with Gasteiger partial charge >= 0.3 is 0 Å². The minimum Gasteiger partial charge on any atom is -0.467 e. The molecule has 2 N–H and O–H groups in total. The van der Waals surface area contributed by atoms with Crippen molar-refractivity contribution in [1.29, 1.82) is 0 Å². The van der Waals surface area contributed by atoms with Gasteiger partial charge in [-0.1, -0.05) is 0 Å². The predicted molar refractivity (Wildman–Crippen MR) is 74.8 cm³/mol. The van der Waals surface area contributed by atoms with Gasteiger partial charge in [-0.05, 0) is 49.7 Å². The van der Waals surface area contributed by atoms with Crippen molar-refractivity contribution in [2.75, 3.05) is 5.32 Å². The van der Waals surface area contributed by atoms with Gasteiger partial charge < -0.3 is 15.1 Å². The first-order valence-corrected chi connectivity index (χ1v) is 6.39. The van der Waals surface area contributed by atoms with E-state index in [0.29, 0.717) is 12.3 Å². The largest absolute Gasteiger partial charge is 0.467 e. The molecule has 2 aromatic rings. The van der Waals surface area contributed by atoms with Crippen LogP contribution in [0.1, 0.15) is 18.2 Å². The number of nitrogens with one attached hydrogen (secondary N) is 2. The summed E-state index contributed by atoms with van der Waals surface area (Å²) in [7, 11) is 0. The Morgan fingerprint density at radius 1 is 1.40 bits per heavy atom. The Hall–Kier alpha value is -2.30. The standard InChI is InChI=1S/C15H17FN2O2/c1-10-8-12(16)5-6-14(10)18-11(2)15(19)17-9-13-4-3-7-20-13/h3-8,11,18H,9H2,1-2H3,(H,17,19). The zero-order chi connectivity index (χ0) is 14.5. The first-order valence-electron chi connectivity index (χ1n) is 6.39. The number of amides is 1. The average molecular weight is 276 g/mol. The van der Waals surface area contributed by atoms with E-state index in [9.17, 15) is 9.18 Å². The van der Waals surface area contributed by atoms with Gasteiger partial charge in [-0.15, -0.1) is 0 Å². The summed E-state index contributed by atoms with van der Waals surface area (Å²) < 4.78 is 18.1. The number of carbonyl (C=O) groups excluding carboxylic acids is 1. The maximum absolute atomic E-state index is 13.0. The number of benzene rings is 1. The normalized spacial score (nSPS) is 11.9. The van der Waals surface area contributed by atoms with Crippen molar-refractivity contribution >= 4 is 11.6 Å². The van der Waals surface area contributed by atoms with Crippen molar-refractivity contribution in [2.24, 2.45) is 0 Å². The molecule has 0 fully saturated rings. The molecule has 106 valence electrons. The number of rotatable bonds is 5. The fourth-order valence-electron chi connectivity index (χ4n) is 1.83. The number of hydrogen-bond donors (Lipinski definition) is 2. The molecule has 0 aliphatic rings. The third-order valence-corrected chi connectivity index (χ3v) is 2.97. The van der Waals surface area contributed by atoms with E-state index in [0.717, 1.165) is 11.3 Å². The quantitative estimate of drug-likeness (QED) is 0.883. The molecule has 2 rings (SSSR count). The highest BCUT2D eigenvalue weighted by atomic mass is 19.1. The number of carbonyl (C=O) groups is 1. The maximum atomic E-state index is 13.0. The summed E-state index contributed by atoms with van der Waals surface area (Å²) in [5.41, 5.74) is 1.50. The van der Waals surface area contributed by atoms with Gasteiger partial charge in [-0.3, -0.25) is 4.79 Å². The van der Waals surface area contributed by atoms with Gasteiger partial charge in [0.2, 0.25) is 5.91 Å². The first kappa shape index (κ1) is 14.1. The molecule has 0 bridgehead atoms. The van der Waals surface area contributed by atoms with E-state index >= 15 is 0 Å². The Morgan fingerprint density at radius 2 is 2.20 bits per heavy atom. The molecule has 20 heavy (non-hydrogen) atoms. The molecule has 0 spiro atoms. The van der Waals surface area contributed by atoms with Crippen LogP contribution in [0.3, 0.4) is 0 Å². The molecule has 0 saturated carbocycles. The van der Waals surface area contributed by atoms with Crippen LogP contribution in [0.25, 0.3) is 0 Å². The predicted octanol–water partition coefficient (Wildman–Crippen LogP) is 2.84. The zero-order valence-electron chi connectivity index (χ0n) is 11.4. The van der Waals surface area contributed by atoms with Crippen molar-refractivity contribution in [3.63, 3.8) is 0 Å². The Labute approximate surface area is 117 Å². The van der Waals surface area contributed by atoms with E-state index in [1.165, 1.54) is 12.1 Å². The van der Waals surface area contributed by atoms with Crippen molar-refractivity contribution in [2.45, 2.75) is 26.4 Å². The topological polar surface area (TPSA) is 54.3 Å². The minimum atomic E-state index is -0.422. The highest BCUT2D eigenvalue weighted by Crippen LogP contribution is 2.16. The van der Waals surface area contributed by atoms with Crippen LogP contribution >= 0.6 is 0 Å². The second-order valence-electron chi connectivity index (χ2n) is 4.62. The van der Waals surface area contributed by atoms with E-state index in [4.69, 9.17) is 4.42 Å². The molecule has 0 saturated heterocycles. The summed E-state index contributed by atoms with van der Waals surface area (Å²) in [6, 6.07) is 7.56. The number of hydrogen-bond acceptors (Lipinski definition) is 3. The van der Waals surface area contributed by atoms with E-state index < -0.39 is 6.04 Å². The van der Waals surface area contributed by atoms with Gasteiger partial charge in [0.1, 0.15) is 17.6 Å². The van der Waals surface area contributed by atoms with Crippen LogP contribution in [0.15, 0.2) is 41.0 Å². The van der Waals surface area contributed by atoms with Gasteiger partial charge in [-0.25, -0.2) is 4.39 Å². The maximum Gasteiger partial charge on any atom is 0.242 e. The van der Waals surface area contributed by atoms with Gasteiger partial charge in [0.05, 0.1) is 12.8 Å². The van der Waals surface area contributed by atoms with Crippen molar-refractivity contribution in [3.05, 3.63) is 53.7 Å². The van der Waals surface area contributed by atoms with Crippen LogP contribution in [-0.2, 0) is 11.3 Å². The van der Waals surface area contributed by atoms with E-state index in [-0.39, 0.29) is 11.7 Å². The Balaban J connectivity index is 1.90. The molecular formula is C15H17FN2O2. The molecule has 0 aliphatic heterocycles. The van der Waals surface area contributed by atoms with Gasteiger partial charge in [0.15, 0.2) is 0 Å². The van der Waals surface area contributed by atoms with Crippen LogP contribution in [0.4, 0.5) is 10.1 Å². The molecule has 1 atom stereocenters. The van der Waals surface area contributed by atoms with Gasteiger partial charge in [0, 0.05) is 5.69 Å². The number of aryl methyl sites for hydroxylation is 1. The summed E-state index contributed by atoms with van der Waals surface area (Å²) in [6.45, 7) is 3.89.